The maximum atomic E-state index is 11.8. The van der Waals surface area contributed by atoms with Gasteiger partial charge in [0, 0.05) is 18.3 Å². The Hall–Kier alpha value is -1.15. The molecule has 8 heteroatoms. The van der Waals surface area contributed by atoms with Gasteiger partial charge in [-0.25, -0.2) is 13.1 Å². The first-order chi connectivity index (χ1) is 9.19. The second-order valence-corrected chi connectivity index (χ2v) is 6.76. The fraction of sp³-hybridized carbons (Fsp3) is 0.462. The van der Waals surface area contributed by atoms with Crippen molar-refractivity contribution in [2.75, 3.05) is 11.6 Å². The standard InChI is InChI=1S/C13H21N3O3S.ClH/c1-9(10(2)14)13(17)16-12-6-4-11(5-7-12)8-15-20(3,18)19;/h4-7,9-10,15H,8,14H2,1-3H3,(H,16,17);1H. The summed E-state index contributed by atoms with van der Waals surface area (Å²) in [6, 6.07) is 6.75. The Balaban J connectivity index is 0.00000400. The Morgan fingerprint density at radius 2 is 1.76 bits per heavy atom. The van der Waals surface area contributed by atoms with Crippen molar-refractivity contribution in [3.8, 4) is 0 Å². The number of halogens is 1. The van der Waals surface area contributed by atoms with Gasteiger partial charge in [-0.1, -0.05) is 19.1 Å². The normalized spacial score (nSPS) is 13.9. The number of nitrogens with two attached hydrogens (primary N) is 1. The number of hydrogen-bond donors (Lipinski definition) is 3. The fourth-order valence-electron chi connectivity index (χ4n) is 1.42. The third kappa shape index (κ3) is 7.42. The summed E-state index contributed by atoms with van der Waals surface area (Å²) in [6.07, 6.45) is 1.11. The predicted octanol–water partition coefficient (Wildman–Crippen LogP) is 1.08. The van der Waals surface area contributed by atoms with E-state index < -0.39 is 10.0 Å². The highest BCUT2D eigenvalue weighted by atomic mass is 35.5. The van der Waals surface area contributed by atoms with Crippen molar-refractivity contribution in [3.63, 3.8) is 0 Å². The number of nitrogens with one attached hydrogen (secondary N) is 2. The number of carbonyl (C=O) groups excluding carboxylic acids is 1. The van der Waals surface area contributed by atoms with Crippen LogP contribution in [-0.4, -0.2) is 26.6 Å². The van der Waals surface area contributed by atoms with Gasteiger partial charge < -0.3 is 11.1 Å². The van der Waals surface area contributed by atoms with Crippen LogP contribution in [0.3, 0.4) is 0 Å². The quantitative estimate of drug-likeness (QED) is 0.724. The van der Waals surface area contributed by atoms with Crippen LogP contribution in [0.15, 0.2) is 24.3 Å². The van der Waals surface area contributed by atoms with Gasteiger partial charge in [-0.15, -0.1) is 12.4 Å². The molecule has 0 aliphatic carbocycles. The molecule has 0 aliphatic rings. The van der Waals surface area contributed by atoms with E-state index in [2.05, 4.69) is 10.0 Å². The smallest absolute Gasteiger partial charge is 0.228 e. The predicted molar refractivity (Wildman–Crippen MR) is 86.8 cm³/mol. The first-order valence-corrected chi connectivity index (χ1v) is 8.18. The second kappa shape index (κ2) is 8.33. The average Bonchev–Trinajstić information content (AvgIpc) is 2.36. The Kier molecular flexibility index (Phi) is 7.87. The highest BCUT2D eigenvalue weighted by Crippen LogP contribution is 2.12. The molecule has 2 atom stereocenters. The van der Waals surface area contributed by atoms with Crippen molar-refractivity contribution >= 4 is 34.0 Å². The summed E-state index contributed by atoms with van der Waals surface area (Å²) in [6.45, 7) is 3.78. The van der Waals surface area contributed by atoms with Gasteiger partial charge in [0.05, 0.1) is 12.2 Å². The summed E-state index contributed by atoms with van der Waals surface area (Å²) in [7, 11) is -3.21. The lowest BCUT2D eigenvalue weighted by molar-refractivity contribution is -0.119. The van der Waals surface area contributed by atoms with Crippen LogP contribution in [0.2, 0.25) is 0 Å². The summed E-state index contributed by atoms with van der Waals surface area (Å²) in [5.74, 6) is -0.413. The molecule has 1 rings (SSSR count). The molecule has 2 unspecified atom stereocenters. The molecule has 0 bridgehead atoms. The number of rotatable bonds is 6. The monoisotopic (exact) mass is 335 g/mol. The zero-order valence-corrected chi connectivity index (χ0v) is 13.9. The molecule has 120 valence electrons. The highest BCUT2D eigenvalue weighted by molar-refractivity contribution is 7.88. The van der Waals surface area contributed by atoms with Crippen LogP contribution in [0.5, 0.6) is 0 Å². The van der Waals surface area contributed by atoms with Crippen LogP contribution in [-0.2, 0) is 21.4 Å². The molecule has 0 fully saturated rings. The molecule has 0 aliphatic heterocycles. The van der Waals surface area contributed by atoms with Crippen LogP contribution in [0.4, 0.5) is 5.69 Å². The van der Waals surface area contributed by atoms with Crippen molar-refractivity contribution in [2.24, 2.45) is 11.7 Å². The van der Waals surface area contributed by atoms with Gasteiger partial charge in [0.25, 0.3) is 0 Å². The fourth-order valence-corrected chi connectivity index (χ4v) is 1.84. The van der Waals surface area contributed by atoms with E-state index in [1.165, 1.54) is 0 Å². The Morgan fingerprint density at radius 1 is 1.24 bits per heavy atom. The van der Waals surface area contributed by atoms with Gasteiger partial charge in [-0.2, -0.15) is 0 Å². The maximum absolute atomic E-state index is 11.8. The number of amides is 1. The van der Waals surface area contributed by atoms with Gasteiger partial charge in [-0.3, -0.25) is 4.79 Å². The van der Waals surface area contributed by atoms with E-state index in [0.29, 0.717) is 5.69 Å². The summed E-state index contributed by atoms with van der Waals surface area (Å²) >= 11 is 0. The average molecular weight is 336 g/mol. The van der Waals surface area contributed by atoms with Crippen LogP contribution in [0.25, 0.3) is 0 Å². The van der Waals surface area contributed by atoms with Crippen molar-refractivity contribution in [2.45, 2.75) is 26.4 Å². The molecule has 0 aromatic heterocycles. The molecule has 0 saturated carbocycles. The van der Waals surface area contributed by atoms with Crippen LogP contribution < -0.4 is 15.8 Å². The highest BCUT2D eigenvalue weighted by Gasteiger charge is 2.16. The minimum Gasteiger partial charge on any atom is -0.327 e. The van der Waals surface area contributed by atoms with Gasteiger partial charge in [0.1, 0.15) is 0 Å². The summed E-state index contributed by atoms with van der Waals surface area (Å²) in [5.41, 5.74) is 7.14. The minimum absolute atomic E-state index is 0. The van der Waals surface area contributed by atoms with Crippen molar-refractivity contribution in [1.29, 1.82) is 0 Å². The summed E-state index contributed by atoms with van der Waals surface area (Å²) in [5, 5.41) is 2.76. The first-order valence-electron chi connectivity index (χ1n) is 6.29. The number of hydrogen-bond acceptors (Lipinski definition) is 4. The zero-order valence-electron chi connectivity index (χ0n) is 12.3. The lowest BCUT2D eigenvalue weighted by atomic mass is 10.0. The molecule has 1 aromatic carbocycles. The van der Waals surface area contributed by atoms with E-state index in [0.717, 1.165) is 11.8 Å². The number of benzene rings is 1. The molecule has 0 heterocycles. The molecule has 1 aromatic rings. The van der Waals surface area contributed by atoms with Gasteiger partial charge in [0.15, 0.2) is 0 Å². The lowest BCUT2D eigenvalue weighted by Gasteiger charge is -2.15. The van der Waals surface area contributed by atoms with Crippen LogP contribution in [0, 0.1) is 5.92 Å². The lowest BCUT2D eigenvalue weighted by Crippen LogP contribution is -2.34. The minimum atomic E-state index is -3.21. The maximum Gasteiger partial charge on any atom is 0.228 e. The van der Waals surface area contributed by atoms with E-state index in [-0.39, 0.29) is 36.8 Å². The molecule has 4 N–H and O–H groups in total. The zero-order chi connectivity index (χ0) is 15.3. The molecule has 1 amide bonds. The molecule has 21 heavy (non-hydrogen) atoms. The van der Waals surface area contributed by atoms with E-state index >= 15 is 0 Å². The van der Waals surface area contributed by atoms with Gasteiger partial charge in [0.2, 0.25) is 15.9 Å². The molecule has 0 spiro atoms. The Morgan fingerprint density at radius 3 is 2.19 bits per heavy atom. The molecule has 0 saturated heterocycles. The first kappa shape index (κ1) is 19.9. The molecule has 0 radical (unpaired) electrons. The van der Waals surface area contributed by atoms with Crippen LogP contribution >= 0.6 is 12.4 Å². The summed E-state index contributed by atoms with van der Waals surface area (Å²) < 4.78 is 24.4. The number of carbonyl (C=O) groups is 1. The van der Waals surface area contributed by atoms with Gasteiger partial charge >= 0.3 is 0 Å². The van der Waals surface area contributed by atoms with E-state index in [1.54, 1.807) is 38.1 Å². The third-order valence-corrected chi connectivity index (χ3v) is 3.63. The molecule has 6 nitrogen and oxygen atoms in total. The SMILES string of the molecule is CC(N)C(C)C(=O)Nc1ccc(CNS(C)(=O)=O)cc1.Cl. The van der Waals surface area contributed by atoms with Crippen molar-refractivity contribution < 1.29 is 13.2 Å². The third-order valence-electron chi connectivity index (χ3n) is 2.96. The van der Waals surface area contributed by atoms with E-state index in [1.807, 2.05) is 0 Å². The number of sulfonamides is 1. The topological polar surface area (TPSA) is 101 Å². The summed E-state index contributed by atoms with van der Waals surface area (Å²) in [4.78, 5) is 11.8. The Bertz CT molecular complexity index is 559. The molecular weight excluding hydrogens is 314 g/mol. The van der Waals surface area contributed by atoms with Gasteiger partial charge in [-0.05, 0) is 24.6 Å². The number of anilines is 1. The molecular formula is C13H22ClN3O3S. The van der Waals surface area contributed by atoms with Crippen LogP contribution in [0.1, 0.15) is 19.4 Å². The van der Waals surface area contributed by atoms with Crippen molar-refractivity contribution in [3.05, 3.63) is 29.8 Å². The van der Waals surface area contributed by atoms with Crippen molar-refractivity contribution in [1.82, 2.24) is 4.72 Å². The van der Waals surface area contributed by atoms with E-state index in [4.69, 9.17) is 5.73 Å². The largest absolute Gasteiger partial charge is 0.327 e. The second-order valence-electron chi connectivity index (χ2n) is 4.93. The Labute approximate surface area is 132 Å². The van der Waals surface area contributed by atoms with E-state index in [9.17, 15) is 13.2 Å².